The van der Waals surface area contributed by atoms with Crippen LogP contribution in [-0.4, -0.2) is 39.1 Å². The standard InChI is InChI=1S/C7H8F3N3O2S/c1-15-6(14)5-11-4-13(12-5)2-3-16-7(8,9)10/h4H,2-3H2,1H3. The summed E-state index contributed by atoms with van der Waals surface area (Å²) >= 11 is -0.153. The molecule has 5 nitrogen and oxygen atoms in total. The van der Waals surface area contributed by atoms with Crippen molar-refractivity contribution >= 4 is 17.7 Å². The van der Waals surface area contributed by atoms with Gasteiger partial charge in [0.2, 0.25) is 0 Å². The zero-order valence-corrected chi connectivity index (χ0v) is 9.01. The fraction of sp³-hybridized carbons (Fsp3) is 0.571. The van der Waals surface area contributed by atoms with Gasteiger partial charge in [-0.1, -0.05) is 0 Å². The molecule has 1 aromatic rings. The van der Waals surface area contributed by atoms with Gasteiger partial charge in [-0.15, -0.1) is 5.10 Å². The Labute approximate surface area is 93.0 Å². The number of ether oxygens (including phenoxy) is 1. The maximum atomic E-state index is 11.8. The molecule has 0 amide bonds. The summed E-state index contributed by atoms with van der Waals surface area (Å²) < 4.78 is 40.9. The Kier molecular flexibility index (Phi) is 4.16. The summed E-state index contributed by atoms with van der Waals surface area (Å²) in [6.45, 7) is 0.0220. The van der Waals surface area contributed by atoms with E-state index in [-0.39, 0.29) is 29.9 Å². The van der Waals surface area contributed by atoms with Crippen LogP contribution in [0.5, 0.6) is 0 Å². The van der Waals surface area contributed by atoms with E-state index in [2.05, 4.69) is 14.8 Å². The van der Waals surface area contributed by atoms with E-state index in [0.717, 1.165) is 4.68 Å². The van der Waals surface area contributed by atoms with Crippen LogP contribution in [0.15, 0.2) is 6.33 Å². The molecule has 0 aromatic carbocycles. The third kappa shape index (κ3) is 4.09. The van der Waals surface area contributed by atoms with E-state index in [9.17, 15) is 18.0 Å². The molecule has 1 rings (SSSR count). The molecule has 0 radical (unpaired) electrons. The van der Waals surface area contributed by atoms with E-state index in [1.54, 1.807) is 0 Å². The fourth-order valence-corrected chi connectivity index (χ4v) is 1.35. The molecule has 1 heterocycles. The molecule has 16 heavy (non-hydrogen) atoms. The number of carbonyl (C=O) groups excluding carboxylic acids is 1. The summed E-state index contributed by atoms with van der Waals surface area (Å²) in [5, 5.41) is 3.65. The van der Waals surface area contributed by atoms with Crippen molar-refractivity contribution < 1.29 is 22.7 Å². The first-order valence-electron chi connectivity index (χ1n) is 4.11. The molecule has 0 N–H and O–H groups in total. The van der Waals surface area contributed by atoms with Crippen LogP contribution in [0.25, 0.3) is 0 Å². The molecule has 0 saturated heterocycles. The number of hydrogen-bond acceptors (Lipinski definition) is 5. The highest BCUT2D eigenvalue weighted by molar-refractivity contribution is 8.00. The van der Waals surface area contributed by atoms with Crippen LogP contribution < -0.4 is 0 Å². The Balaban J connectivity index is 2.44. The van der Waals surface area contributed by atoms with Crippen molar-refractivity contribution in [1.29, 1.82) is 0 Å². The van der Waals surface area contributed by atoms with Crippen LogP contribution in [0.3, 0.4) is 0 Å². The molecule has 90 valence electrons. The highest BCUT2D eigenvalue weighted by atomic mass is 32.2. The summed E-state index contributed by atoms with van der Waals surface area (Å²) in [6, 6.07) is 0. The van der Waals surface area contributed by atoms with Gasteiger partial charge in [0.05, 0.1) is 13.7 Å². The molecule has 0 saturated carbocycles. The Morgan fingerprint density at radius 2 is 2.31 bits per heavy atom. The molecular formula is C7H8F3N3O2S. The van der Waals surface area contributed by atoms with Crippen LogP contribution in [0.1, 0.15) is 10.6 Å². The molecule has 0 bridgehead atoms. The number of aryl methyl sites for hydroxylation is 1. The first kappa shape index (κ1) is 12.8. The lowest BCUT2D eigenvalue weighted by Crippen LogP contribution is -2.09. The second-order valence-electron chi connectivity index (χ2n) is 2.62. The normalized spacial score (nSPS) is 11.5. The quantitative estimate of drug-likeness (QED) is 0.759. The van der Waals surface area contributed by atoms with E-state index in [0.29, 0.717) is 0 Å². The van der Waals surface area contributed by atoms with E-state index in [1.807, 2.05) is 0 Å². The number of hydrogen-bond donors (Lipinski definition) is 0. The van der Waals surface area contributed by atoms with Crippen molar-refractivity contribution in [3.63, 3.8) is 0 Å². The first-order chi connectivity index (χ1) is 7.42. The second-order valence-corrected chi connectivity index (χ2v) is 3.78. The number of halogens is 3. The Hall–Kier alpha value is -1.25. The highest BCUT2D eigenvalue weighted by Gasteiger charge is 2.27. The number of esters is 1. The zero-order valence-electron chi connectivity index (χ0n) is 8.19. The van der Waals surface area contributed by atoms with Crippen molar-refractivity contribution in [2.45, 2.75) is 12.1 Å². The number of aromatic nitrogens is 3. The van der Waals surface area contributed by atoms with E-state index in [1.165, 1.54) is 13.4 Å². The number of nitrogens with zero attached hydrogens (tertiary/aromatic N) is 3. The second kappa shape index (κ2) is 5.19. The van der Waals surface area contributed by atoms with Crippen molar-refractivity contribution in [2.75, 3.05) is 12.9 Å². The summed E-state index contributed by atoms with van der Waals surface area (Å²) in [5.41, 5.74) is -4.26. The number of methoxy groups -OCH3 is 1. The van der Waals surface area contributed by atoms with Gasteiger partial charge < -0.3 is 4.74 Å². The van der Waals surface area contributed by atoms with Crippen LogP contribution in [0.2, 0.25) is 0 Å². The summed E-state index contributed by atoms with van der Waals surface area (Å²) in [5.74, 6) is -1.07. The van der Waals surface area contributed by atoms with Gasteiger partial charge in [-0.05, 0) is 11.8 Å². The number of rotatable bonds is 4. The number of carbonyl (C=O) groups is 1. The topological polar surface area (TPSA) is 57.0 Å². The average molecular weight is 255 g/mol. The molecule has 1 aromatic heterocycles. The lowest BCUT2D eigenvalue weighted by Gasteiger charge is -2.04. The first-order valence-corrected chi connectivity index (χ1v) is 5.09. The molecule has 0 aliphatic rings. The van der Waals surface area contributed by atoms with Gasteiger partial charge in [0.25, 0.3) is 5.82 Å². The average Bonchev–Trinajstić information content (AvgIpc) is 2.63. The van der Waals surface area contributed by atoms with Crippen LogP contribution in [0.4, 0.5) is 13.2 Å². The smallest absolute Gasteiger partial charge is 0.441 e. The van der Waals surface area contributed by atoms with E-state index in [4.69, 9.17) is 0 Å². The number of alkyl halides is 3. The van der Waals surface area contributed by atoms with Gasteiger partial charge >= 0.3 is 11.5 Å². The van der Waals surface area contributed by atoms with E-state index < -0.39 is 11.5 Å². The van der Waals surface area contributed by atoms with Crippen LogP contribution in [0, 0.1) is 0 Å². The SMILES string of the molecule is COC(=O)c1ncn(CCSC(F)(F)F)n1. The Morgan fingerprint density at radius 3 is 2.88 bits per heavy atom. The van der Waals surface area contributed by atoms with Crippen LogP contribution in [-0.2, 0) is 11.3 Å². The van der Waals surface area contributed by atoms with Gasteiger partial charge in [-0.25, -0.2) is 9.78 Å². The zero-order chi connectivity index (χ0) is 12.2. The van der Waals surface area contributed by atoms with Crippen LogP contribution >= 0.6 is 11.8 Å². The molecule has 0 spiro atoms. The highest BCUT2D eigenvalue weighted by Crippen LogP contribution is 2.29. The summed E-state index contributed by atoms with van der Waals surface area (Å²) in [6.07, 6.45) is 1.18. The van der Waals surface area contributed by atoms with Crippen molar-refractivity contribution in [3.8, 4) is 0 Å². The maximum Gasteiger partial charge on any atom is 0.441 e. The largest absolute Gasteiger partial charge is 0.463 e. The van der Waals surface area contributed by atoms with Crippen molar-refractivity contribution in [2.24, 2.45) is 0 Å². The minimum Gasteiger partial charge on any atom is -0.463 e. The van der Waals surface area contributed by atoms with Crippen molar-refractivity contribution in [3.05, 3.63) is 12.2 Å². The Bertz CT molecular complexity index is 366. The molecule has 0 aliphatic carbocycles. The third-order valence-electron chi connectivity index (χ3n) is 1.49. The monoisotopic (exact) mass is 255 g/mol. The summed E-state index contributed by atoms with van der Waals surface area (Å²) in [7, 11) is 1.17. The molecular weight excluding hydrogens is 247 g/mol. The van der Waals surface area contributed by atoms with Gasteiger partial charge in [-0.2, -0.15) is 13.2 Å². The van der Waals surface area contributed by atoms with Crippen molar-refractivity contribution in [1.82, 2.24) is 14.8 Å². The molecule has 0 unspecified atom stereocenters. The van der Waals surface area contributed by atoms with Gasteiger partial charge in [0.15, 0.2) is 0 Å². The maximum absolute atomic E-state index is 11.8. The minimum absolute atomic E-state index is 0.0220. The molecule has 0 aliphatic heterocycles. The fourth-order valence-electron chi connectivity index (χ4n) is 0.842. The molecule has 0 atom stereocenters. The van der Waals surface area contributed by atoms with Gasteiger partial charge in [0, 0.05) is 5.75 Å². The van der Waals surface area contributed by atoms with Gasteiger partial charge in [-0.3, -0.25) is 4.68 Å². The minimum atomic E-state index is -4.26. The van der Waals surface area contributed by atoms with E-state index >= 15 is 0 Å². The summed E-state index contributed by atoms with van der Waals surface area (Å²) in [4.78, 5) is 14.5. The third-order valence-corrected chi connectivity index (χ3v) is 2.20. The Morgan fingerprint density at radius 1 is 1.62 bits per heavy atom. The molecule has 0 fully saturated rings. The van der Waals surface area contributed by atoms with Gasteiger partial charge in [0.1, 0.15) is 6.33 Å². The number of thioether (sulfide) groups is 1. The lowest BCUT2D eigenvalue weighted by atomic mass is 10.6. The molecule has 9 heteroatoms. The predicted molar refractivity (Wildman–Crippen MR) is 49.9 cm³/mol. The predicted octanol–water partition coefficient (Wildman–Crippen LogP) is 1.32. The lowest BCUT2D eigenvalue weighted by molar-refractivity contribution is -0.0328.